The first-order valence-corrected chi connectivity index (χ1v) is 8.65. The number of rotatable bonds is 3. The highest BCUT2D eigenvalue weighted by Crippen LogP contribution is 2.51. The Morgan fingerprint density at radius 1 is 1.21 bits per heavy atom. The van der Waals surface area contributed by atoms with Crippen LogP contribution in [0.2, 0.25) is 0 Å². The van der Waals surface area contributed by atoms with E-state index in [1.54, 1.807) is 0 Å². The van der Waals surface area contributed by atoms with Crippen molar-refractivity contribution in [1.29, 1.82) is 0 Å². The van der Waals surface area contributed by atoms with Crippen molar-refractivity contribution in [3.8, 4) is 0 Å². The van der Waals surface area contributed by atoms with Crippen molar-refractivity contribution < 1.29 is 4.48 Å². The maximum Gasteiger partial charge on any atom is 0.118 e. The third kappa shape index (κ3) is 2.09. The summed E-state index contributed by atoms with van der Waals surface area (Å²) in [4.78, 5) is 0. The summed E-state index contributed by atoms with van der Waals surface area (Å²) < 4.78 is 1.36. The van der Waals surface area contributed by atoms with Crippen LogP contribution in [0.5, 0.6) is 0 Å². The van der Waals surface area contributed by atoms with Crippen molar-refractivity contribution in [2.24, 2.45) is 5.92 Å². The topological polar surface area (TPSA) is 0 Å². The zero-order valence-corrected chi connectivity index (χ0v) is 13.3. The summed E-state index contributed by atoms with van der Waals surface area (Å²) in [6.07, 6.45) is 12.9. The number of nitrogens with zero attached hydrogens (tertiary/aromatic N) is 1. The Labute approximate surface area is 119 Å². The van der Waals surface area contributed by atoms with Crippen molar-refractivity contribution in [3.05, 3.63) is 11.1 Å². The van der Waals surface area contributed by atoms with Crippen molar-refractivity contribution >= 4 is 0 Å². The fraction of sp³-hybridized carbons (Fsp3) is 0.889. The smallest absolute Gasteiger partial charge is 0.118 e. The molecular formula is C18H32N+. The van der Waals surface area contributed by atoms with Crippen molar-refractivity contribution in [2.45, 2.75) is 77.2 Å². The number of fused-ring (bicyclic) bond motifs is 2. The van der Waals surface area contributed by atoms with Gasteiger partial charge in [0, 0.05) is 12.8 Å². The van der Waals surface area contributed by atoms with Crippen LogP contribution in [0.1, 0.15) is 71.6 Å². The number of hydrogen-bond donors (Lipinski definition) is 0. The summed E-state index contributed by atoms with van der Waals surface area (Å²) in [5.41, 5.74) is 4.28. The molecule has 1 nitrogen and oxygen atoms in total. The molecule has 0 radical (unpaired) electrons. The average molecular weight is 262 g/mol. The first-order valence-electron chi connectivity index (χ1n) is 8.65. The van der Waals surface area contributed by atoms with Crippen molar-refractivity contribution in [2.75, 3.05) is 20.1 Å². The fourth-order valence-electron chi connectivity index (χ4n) is 5.26. The van der Waals surface area contributed by atoms with Gasteiger partial charge in [-0.15, -0.1) is 0 Å². The Balaban J connectivity index is 1.85. The third-order valence-electron chi connectivity index (χ3n) is 6.76. The first-order chi connectivity index (χ1) is 9.09. The minimum atomic E-state index is 0.501. The van der Waals surface area contributed by atoms with E-state index in [-0.39, 0.29) is 0 Å². The molecule has 0 aromatic carbocycles. The SMILES string of the molecule is CCCC[C@H]1CC[N+]2(C)CCC3=C(CCC3)[C@]2(C)C1. The second-order valence-corrected chi connectivity index (χ2v) is 7.80. The summed E-state index contributed by atoms with van der Waals surface area (Å²) in [6, 6.07) is 0. The standard InChI is InChI=1S/C18H32N/c1-4-5-7-15-10-12-19(3)13-11-16-8-6-9-17(16)18(19,2)14-15/h15H,4-14H2,1-3H3/q+1/t15-,18-,19?/m0/s1. The summed E-state index contributed by atoms with van der Waals surface area (Å²) in [6.45, 7) is 7.80. The second kappa shape index (κ2) is 4.91. The lowest BCUT2D eigenvalue weighted by atomic mass is 9.70. The van der Waals surface area contributed by atoms with Crippen molar-refractivity contribution in [1.82, 2.24) is 0 Å². The molecule has 3 atom stereocenters. The monoisotopic (exact) mass is 262 g/mol. The molecule has 19 heavy (non-hydrogen) atoms. The van der Waals surface area contributed by atoms with E-state index in [2.05, 4.69) is 20.9 Å². The molecular weight excluding hydrogens is 230 g/mol. The van der Waals surface area contributed by atoms with Gasteiger partial charge in [-0.3, -0.25) is 0 Å². The van der Waals surface area contributed by atoms with E-state index >= 15 is 0 Å². The zero-order valence-electron chi connectivity index (χ0n) is 13.3. The number of likely N-dealkylation sites (N-methyl/N-ethyl adjacent to an activating group) is 1. The van der Waals surface area contributed by atoms with E-state index in [9.17, 15) is 0 Å². The highest BCUT2D eigenvalue weighted by molar-refractivity contribution is 5.30. The van der Waals surface area contributed by atoms with Crippen LogP contribution in [0.15, 0.2) is 11.1 Å². The molecule has 3 aliphatic rings. The van der Waals surface area contributed by atoms with Gasteiger partial charge < -0.3 is 4.48 Å². The lowest BCUT2D eigenvalue weighted by molar-refractivity contribution is -0.959. The molecule has 0 amide bonds. The minimum Gasteiger partial charge on any atom is -0.318 e. The molecule has 3 rings (SSSR count). The molecule has 2 heterocycles. The number of piperidine rings is 1. The summed E-state index contributed by atoms with van der Waals surface area (Å²) >= 11 is 0. The van der Waals surface area contributed by atoms with E-state index < -0.39 is 0 Å². The van der Waals surface area contributed by atoms with Crippen LogP contribution in [-0.2, 0) is 0 Å². The van der Waals surface area contributed by atoms with E-state index in [1.165, 1.54) is 75.4 Å². The van der Waals surface area contributed by atoms with Crippen LogP contribution in [0.4, 0.5) is 0 Å². The summed E-state index contributed by atoms with van der Waals surface area (Å²) in [7, 11) is 2.55. The van der Waals surface area contributed by atoms with Gasteiger partial charge >= 0.3 is 0 Å². The van der Waals surface area contributed by atoms with Crippen molar-refractivity contribution in [3.63, 3.8) is 0 Å². The summed E-state index contributed by atoms with van der Waals surface area (Å²) in [5, 5.41) is 0. The van der Waals surface area contributed by atoms with E-state index in [0.29, 0.717) is 5.54 Å². The Bertz CT molecular complexity index is 383. The number of hydrogen-bond acceptors (Lipinski definition) is 0. The van der Waals surface area contributed by atoms with Gasteiger partial charge in [-0.1, -0.05) is 25.3 Å². The number of unbranched alkanes of at least 4 members (excludes halogenated alkanes) is 1. The molecule has 0 bridgehead atoms. The molecule has 108 valence electrons. The fourth-order valence-corrected chi connectivity index (χ4v) is 5.26. The normalized spacial score (nSPS) is 42.2. The Morgan fingerprint density at radius 3 is 2.84 bits per heavy atom. The molecule has 1 unspecified atom stereocenters. The maximum atomic E-state index is 2.62. The quantitative estimate of drug-likeness (QED) is 0.512. The van der Waals surface area contributed by atoms with Gasteiger partial charge in [0.25, 0.3) is 0 Å². The van der Waals surface area contributed by atoms with Crippen LogP contribution in [-0.4, -0.2) is 30.2 Å². The van der Waals surface area contributed by atoms with Crippen LogP contribution in [0.3, 0.4) is 0 Å². The van der Waals surface area contributed by atoms with Crippen LogP contribution < -0.4 is 0 Å². The lowest BCUT2D eigenvalue weighted by Gasteiger charge is -2.57. The Kier molecular flexibility index (Phi) is 3.53. The van der Waals surface area contributed by atoms with E-state index in [1.807, 2.05) is 11.1 Å². The van der Waals surface area contributed by atoms with Crippen LogP contribution in [0.25, 0.3) is 0 Å². The highest BCUT2D eigenvalue weighted by atomic mass is 15.4. The summed E-state index contributed by atoms with van der Waals surface area (Å²) in [5.74, 6) is 1.00. The lowest BCUT2D eigenvalue weighted by Crippen LogP contribution is -2.67. The van der Waals surface area contributed by atoms with Gasteiger partial charge in [-0.2, -0.15) is 0 Å². The van der Waals surface area contributed by atoms with Gasteiger partial charge in [0.15, 0.2) is 0 Å². The van der Waals surface area contributed by atoms with E-state index in [0.717, 1.165) is 5.92 Å². The van der Waals surface area contributed by atoms with E-state index in [4.69, 9.17) is 0 Å². The predicted molar refractivity (Wildman–Crippen MR) is 82.1 cm³/mol. The molecule has 1 heteroatoms. The second-order valence-electron chi connectivity index (χ2n) is 7.80. The molecule has 1 saturated heterocycles. The predicted octanol–water partition coefficient (Wildman–Crippen LogP) is 4.68. The molecule has 0 N–H and O–H groups in total. The zero-order chi connectivity index (χ0) is 13.5. The van der Waals surface area contributed by atoms with Gasteiger partial charge in [-0.05, 0) is 50.5 Å². The maximum absolute atomic E-state index is 2.62. The van der Waals surface area contributed by atoms with Crippen LogP contribution >= 0.6 is 0 Å². The van der Waals surface area contributed by atoms with Gasteiger partial charge in [0.05, 0.1) is 20.1 Å². The Morgan fingerprint density at radius 2 is 2.05 bits per heavy atom. The molecule has 1 aliphatic carbocycles. The molecule has 0 saturated carbocycles. The highest BCUT2D eigenvalue weighted by Gasteiger charge is 2.54. The average Bonchev–Trinajstić information content (AvgIpc) is 2.87. The minimum absolute atomic E-state index is 0.501. The van der Waals surface area contributed by atoms with Gasteiger partial charge in [0.2, 0.25) is 0 Å². The number of quaternary nitrogens is 1. The largest absolute Gasteiger partial charge is 0.318 e. The van der Waals surface area contributed by atoms with Gasteiger partial charge in [0.1, 0.15) is 5.54 Å². The molecule has 0 aromatic heterocycles. The molecule has 0 aromatic rings. The first kappa shape index (κ1) is 13.7. The van der Waals surface area contributed by atoms with Crippen LogP contribution in [0, 0.1) is 5.92 Å². The molecule has 0 spiro atoms. The molecule has 2 aliphatic heterocycles. The Hall–Kier alpha value is -0.300. The van der Waals surface area contributed by atoms with Gasteiger partial charge in [-0.25, -0.2) is 0 Å². The third-order valence-corrected chi connectivity index (χ3v) is 6.76. The molecule has 1 fully saturated rings.